The molecular formula is C24H37N5O2S. The third-order valence-corrected chi connectivity index (χ3v) is 6.81. The Hall–Kier alpha value is -2.19. The van der Waals surface area contributed by atoms with Crippen molar-refractivity contribution in [3.8, 4) is 11.5 Å². The van der Waals surface area contributed by atoms with Crippen LogP contribution in [0.2, 0.25) is 0 Å². The van der Waals surface area contributed by atoms with E-state index in [4.69, 9.17) is 16.6 Å². The van der Waals surface area contributed by atoms with E-state index in [1.807, 2.05) is 12.1 Å². The molecule has 1 aliphatic rings. The van der Waals surface area contributed by atoms with Gasteiger partial charge < -0.3 is 14.6 Å². The fourth-order valence-corrected chi connectivity index (χ4v) is 4.13. The molecule has 2 aromatic rings. The summed E-state index contributed by atoms with van der Waals surface area (Å²) in [6, 6.07) is 8.45. The van der Waals surface area contributed by atoms with E-state index in [1.165, 1.54) is 5.69 Å². The minimum Gasteiger partial charge on any atom is -0.409 e. The molecule has 1 aliphatic heterocycles. The number of aromatic nitrogens is 2. The molecule has 0 aliphatic carbocycles. The molecule has 32 heavy (non-hydrogen) atoms. The SMILES string of the molecule is CCN(CC)c1ccc(-c2nn(CN3CCC(C(=O)NC(C)C(C)C)CC3)c(=S)o2)cc1. The van der Waals surface area contributed by atoms with Crippen LogP contribution in [0.1, 0.15) is 47.5 Å². The quantitative estimate of drug-likeness (QED) is 0.555. The highest BCUT2D eigenvalue weighted by atomic mass is 32.1. The van der Waals surface area contributed by atoms with Crippen LogP contribution in [0.5, 0.6) is 0 Å². The summed E-state index contributed by atoms with van der Waals surface area (Å²) in [4.78, 5) is 17.5. The Labute approximate surface area is 196 Å². The average Bonchev–Trinajstić information content (AvgIpc) is 3.15. The van der Waals surface area contributed by atoms with Crippen LogP contribution >= 0.6 is 12.2 Å². The highest BCUT2D eigenvalue weighted by molar-refractivity contribution is 7.71. The average molecular weight is 460 g/mol. The van der Waals surface area contributed by atoms with Gasteiger partial charge in [0.25, 0.3) is 4.84 Å². The standard InChI is InChI=1S/C24H37N5O2S/c1-6-28(7-2)21-10-8-20(9-11-21)23-26-29(24(32)31-23)16-27-14-12-19(13-15-27)22(30)25-18(5)17(3)4/h8-11,17-19H,6-7,12-16H2,1-5H3,(H,25,30). The van der Waals surface area contributed by atoms with Crippen LogP contribution < -0.4 is 10.2 Å². The predicted octanol–water partition coefficient (Wildman–Crippen LogP) is 4.55. The molecule has 2 heterocycles. The first-order valence-electron chi connectivity index (χ1n) is 11.8. The number of nitrogens with one attached hydrogen (secondary N) is 1. The number of nitrogens with zero attached hydrogens (tertiary/aromatic N) is 4. The second kappa shape index (κ2) is 11.1. The van der Waals surface area contributed by atoms with Crippen LogP contribution in [0.4, 0.5) is 5.69 Å². The molecule has 1 aromatic carbocycles. The van der Waals surface area contributed by atoms with Gasteiger partial charge in [0, 0.05) is 49.4 Å². The van der Waals surface area contributed by atoms with Gasteiger partial charge in [0.05, 0.1) is 6.67 Å². The minimum atomic E-state index is 0.0811. The summed E-state index contributed by atoms with van der Waals surface area (Å²) in [5.74, 6) is 1.24. The van der Waals surface area contributed by atoms with Crippen molar-refractivity contribution in [1.82, 2.24) is 20.0 Å². The molecule has 1 N–H and O–H groups in total. The van der Waals surface area contributed by atoms with Crippen LogP contribution in [0, 0.1) is 16.7 Å². The van der Waals surface area contributed by atoms with Gasteiger partial charge in [-0.05, 0) is 76.0 Å². The van der Waals surface area contributed by atoms with Crippen molar-refractivity contribution in [3.63, 3.8) is 0 Å². The number of likely N-dealkylation sites (tertiary alicyclic amines) is 1. The van der Waals surface area contributed by atoms with Gasteiger partial charge in [0.1, 0.15) is 0 Å². The van der Waals surface area contributed by atoms with Crippen molar-refractivity contribution >= 4 is 23.8 Å². The zero-order valence-electron chi connectivity index (χ0n) is 20.0. The lowest BCUT2D eigenvalue weighted by atomic mass is 9.95. The van der Waals surface area contributed by atoms with Gasteiger partial charge in [-0.15, -0.1) is 5.10 Å². The molecule has 1 saturated heterocycles. The van der Waals surface area contributed by atoms with E-state index in [9.17, 15) is 4.79 Å². The Morgan fingerprint density at radius 1 is 1.19 bits per heavy atom. The molecule has 3 rings (SSSR count). The number of rotatable bonds is 9. The third kappa shape index (κ3) is 5.98. The molecule has 176 valence electrons. The molecule has 0 saturated carbocycles. The minimum absolute atomic E-state index is 0.0811. The zero-order chi connectivity index (χ0) is 23.3. The fourth-order valence-electron chi connectivity index (χ4n) is 3.95. The Morgan fingerprint density at radius 2 is 1.81 bits per heavy atom. The second-order valence-electron chi connectivity index (χ2n) is 8.97. The van der Waals surface area contributed by atoms with Crippen LogP contribution in [0.3, 0.4) is 0 Å². The number of anilines is 1. The number of amides is 1. The Kier molecular flexibility index (Phi) is 8.48. The summed E-state index contributed by atoms with van der Waals surface area (Å²) in [6.45, 7) is 14.8. The normalized spacial score (nSPS) is 16.3. The van der Waals surface area contributed by atoms with Crippen molar-refractivity contribution in [2.45, 2.75) is 60.2 Å². The van der Waals surface area contributed by atoms with E-state index in [0.29, 0.717) is 23.3 Å². The zero-order valence-corrected chi connectivity index (χ0v) is 20.8. The summed E-state index contributed by atoms with van der Waals surface area (Å²) in [5.41, 5.74) is 2.10. The fraction of sp³-hybridized carbons (Fsp3) is 0.625. The first kappa shape index (κ1) is 24.5. The van der Waals surface area contributed by atoms with Gasteiger partial charge in [-0.3, -0.25) is 9.69 Å². The number of benzene rings is 1. The van der Waals surface area contributed by atoms with Crippen LogP contribution in [0.25, 0.3) is 11.5 Å². The smallest absolute Gasteiger partial charge is 0.288 e. The van der Waals surface area contributed by atoms with Gasteiger partial charge in [-0.2, -0.15) is 0 Å². The number of carbonyl (C=O) groups excluding carboxylic acids is 1. The summed E-state index contributed by atoms with van der Waals surface area (Å²) in [6.07, 6.45) is 1.70. The Bertz CT molecular complexity index is 925. The summed E-state index contributed by atoms with van der Waals surface area (Å²) in [7, 11) is 0. The molecule has 8 heteroatoms. The van der Waals surface area contributed by atoms with E-state index >= 15 is 0 Å². The third-order valence-electron chi connectivity index (χ3n) is 6.51. The number of hydrogen-bond donors (Lipinski definition) is 1. The predicted molar refractivity (Wildman–Crippen MR) is 131 cm³/mol. The van der Waals surface area contributed by atoms with Crippen molar-refractivity contribution in [1.29, 1.82) is 0 Å². The van der Waals surface area contributed by atoms with Crippen molar-refractivity contribution in [2.24, 2.45) is 11.8 Å². The topological polar surface area (TPSA) is 66.5 Å². The highest BCUT2D eigenvalue weighted by Gasteiger charge is 2.26. The van der Waals surface area contributed by atoms with E-state index < -0.39 is 0 Å². The van der Waals surface area contributed by atoms with Gasteiger partial charge in [0.15, 0.2) is 0 Å². The Morgan fingerprint density at radius 3 is 2.38 bits per heavy atom. The maximum absolute atomic E-state index is 12.5. The van der Waals surface area contributed by atoms with E-state index in [0.717, 1.165) is 44.6 Å². The van der Waals surface area contributed by atoms with Gasteiger partial charge >= 0.3 is 0 Å². The monoisotopic (exact) mass is 459 g/mol. The second-order valence-corrected chi connectivity index (χ2v) is 9.32. The van der Waals surface area contributed by atoms with Crippen molar-refractivity contribution in [3.05, 3.63) is 29.1 Å². The molecule has 1 atom stereocenters. The highest BCUT2D eigenvalue weighted by Crippen LogP contribution is 2.23. The molecule has 0 radical (unpaired) electrons. The first-order chi connectivity index (χ1) is 15.3. The van der Waals surface area contributed by atoms with E-state index in [1.54, 1.807) is 4.68 Å². The maximum Gasteiger partial charge on any atom is 0.288 e. The molecular weight excluding hydrogens is 422 g/mol. The van der Waals surface area contributed by atoms with Gasteiger partial charge in [-0.25, -0.2) is 4.68 Å². The van der Waals surface area contributed by atoms with Crippen molar-refractivity contribution < 1.29 is 9.21 Å². The molecule has 1 aromatic heterocycles. The largest absolute Gasteiger partial charge is 0.409 e. The summed E-state index contributed by atoms with van der Waals surface area (Å²) >= 11 is 5.42. The number of carbonyl (C=O) groups is 1. The van der Waals surface area contributed by atoms with Gasteiger partial charge in [-0.1, -0.05) is 13.8 Å². The van der Waals surface area contributed by atoms with E-state index in [-0.39, 0.29) is 17.9 Å². The molecule has 1 fully saturated rings. The Balaban J connectivity index is 1.57. The molecule has 0 bridgehead atoms. The first-order valence-corrected chi connectivity index (χ1v) is 12.2. The van der Waals surface area contributed by atoms with Crippen LogP contribution in [0.15, 0.2) is 28.7 Å². The number of piperidine rings is 1. The summed E-state index contributed by atoms with van der Waals surface area (Å²) in [5, 5.41) is 7.77. The molecule has 1 amide bonds. The molecule has 7 nitrogen and oxygen atoms in total. The van der Waals surface area contributed by atoms with E-state index in [2.05, 4.69) is 67.0 Å². The number of hydrogen-bond acceptors (Lipinski definition) is 6. The lowest BCUT2D eigenvalue weighted by Gasteiger charge is -2.31. The lowest BCUT2D eigenvalue weighted by Crippen LogP contribution is -2.44. The summed E-state index contributed by atoms with van der Waals surface area (Å²) < 4.78 is 7.52. The molecule has 1 unspecified atom stereocenters. The van der Waals surface area contributed by atoms with Crippen molar-refractivity contribution in [2.75, 3.05) is 31.1 Å². The van der Waals surface area contributed by atoms with Crippen LogP contribution in [-0.4, -0.2) is 52.8 Å². The molecule has 0 spiro atoms. The maximum atomic E-state index is 12.5. The van der Waals surface area contributed by atoms with Gasteiger partial charge in [0.2, 0.25) is 11.8 Å². The van der Waals surface area contributed by atoms with Crippen LogP contribution in [-0.2, 0) is 11.5 Å². The lowest BCUT2D eigenvalue weighted by molar-refractivity contribution is -0.127.